The predicted octanol–water partition coefficient (Wildman–Crippen LogP) is 3.99. The third-order valence-electron chi connectivity index (χ3n) is 3.80. The van der Waals surface area contributed by atoms with Gasteiger partial charge in [0.25, 0.3) is 0 Å². The van der Waals surface area contributed by atoms with E-state index in [0.717, 1.165) is 11.3 Å². The van der Waals surface area contributed by atoms with Gasteiger partial charge in [0.2, 0.25) is 0 Å². The highest BCUT2D eigenvalue weighted by Crippen LogP contribution is 2.25. The van der Waals surface area contributed by atoms with Crippen LogP contribution in [0.4, 0.5) is 0 Å². The number of hydrogen-bond acceptors (Lipinski definition) is 4. The molecule has 1 aliphatic heterocycles. The van der Waals surface area contributed by atoms with Crippen molar-refractivity contribution in [3.63, 3.8) is 0 Å². The molecule has 0 radical (unpaired) electrons. The van der Waals surface area contributed by atoms with Crippen molar-refractivity contribution in [2.45, 2.75) is 12.5 Å². The third kappa shape index (κ3) is 4.73. The molecule has 0 saturated heterocycles. The van der Waals surface area contributed by atoms with Crippen LogP contribution in [0.2, 0.25) is 0 Å². The van der Waals surface area contributed by atoms with Gasteiger partial charge >= 0.3 is 5.97 Å². The Bertz CT molecular complexity index is 763. The van der Waals surface area contributed by atoms with Crippen LogP contribution in [0.3, 0.4) is 0 Å². The topological polar surface area (TPSA) is 44.8 Å². The van der Waals surface area contributed by atoms with Gasteiger partial charge in [0.05, 0.1) is 7.11 Å². The molecule has 0 saturated carbocycles. The van der Waals surface area contributed by atoms with Gasteiger partial charge in [-0.15, -0.1) is 0 Å². The van der Waals surface area contributed by atoms with E-state index in [-0.39, 0.29) is 12.1 Å². The lowest BCUT2D eigenvalue weighted by Crippen LogP contribution is -2.27. The van der Waals surface area contributed by atoms with E-state index in [1.54, 1.807) is 6.08 Å². The van der Waals surface area contributed by atoms with Crippen LogP contribution in [0.25, 0.3) is 6.08 Å². The van der Waals surface area contributed by atoms with E-state index in [9.17, 15) is 4.79 Å². The van der Waals surface area contributed by atoms with Crippen LogP contribution in [-0.2, 0) is 14.3 Å². The lowest BCUT2D eigenvalue weighted by atomic mass is 10.0. The van der Waals surface area contributed by atoms with Gasteiger partial charge in [-0.25, -0.2) is 4.79 Å². The quantitative estimate of drug-likeness (QED) is 0.774. The molecule has 1 aliphatic rings. The summed E-state index contributed by atoms with van der Waals surface area (Å²) in [7, 11) is 1.38. The second-order valence-electron chi connectivity index (χ2n) is 5.69. The van der Waals surface area contributed by atoms with Crippen molar-refractivity contribution in [1.82, 2.24) is 0 Å². The lowest BCUT2D eigenvalue weighted by Gasteiger charge is -2.25. The zero-order valence-corrected chi connectivity index (χ0v) is 14.1. The third-order valence-corrected chi connectivity index (χ3v) is 3.80. The molecular weight excluding hydrogens is 316 g/mol. The number of carbonyl (C=O) groups is 1. The molecule has 25 heavy (non-hydrogen) atoms. The van der Waals surface area contributed by atoms with E-state index in [0.29, 0.717) is 24.4 Å². The number of methoxy groups -OCH3 is 1. The summed E-state index contributed by atoms with van der Waals surface area (Å²) in [5, 5.41) is 0. The molecule has 1 heterocycles. The van der Waals surface area contributed by atoms with E-state index in [1.807, 2.05) is 66.7 Å². The number of allylic oxidation sites excluding steroid dienone is 1. The highest BCUT2D eigenvalue weighted by atomic mass is 16.5. The Hall–Kier alpha value is -3.01. The summed E-state index contributed by atoms with van der Waals surface area (Å²) in [5.74, 6) is 1.06. The van der Waals surface area contributed by atoms with Crippen molar-refractivity contribution in [2.75, 3.05) is 13.7 Å². The molecule has 0 aromatic heterocycles. The molecule has 0 N–H and O–H groups in total. The Kier molecular flexibility index (Phi) is 5.52. The smallest absolute Gasteiger partial charge is 0.334 e. The maximum Gasteiger partial charge on any atom is 0.334 e. The molecule has 0 bridgehead atoms. The summed E-state index contributed by atoms with van der Waals surface area (Å²) < 4.78 is 16.6. The number of ether oxygens (including phenoxy) is 3. The average molecular weight is 336 g/mol. The lowest BCUT2D eigenvalue weighted by molar-refractivity contribution is -0.136. The first-order chi connectivity index (χ1) is 12.2. The molecule has 2 aromatic rings. The van der Waals surface area contributed by atoms with Crippen molar-refractivity contribution < 1.29 is 19.0 Å². The summed E-state index contributed by atoms with van der Waals surface area (Å²) in [6.07, 6.45) is 3.83. The standard InChI is InChI=1S/C21H20O4/c1-23-21(22)17-13-19(12-16-8-4-2-5-9-16)25-20(14-17)15-24-18-10-6-3-7-11-18/h2-13,20H,14-15H2,1H3. The summed E-state index contributed by atoms with van der Waals surface area (Å²) in [6.45, 7) is 0.352. The fourth-order valence-corrected chi connectivity index (χ4v) is 2.61. The Morgan fingerprint density at radius 2 is 1.80 bits per heavy atom. The van der Waals surface area contributed by atoms with Gasteiger partial charge in [-0.05, 0) is 29.8 Å². The molecule has 4 nitrogen and oxygen atoms in total. The fraction of sp³-hybridized carbons (Fsp3) is 0.190. The second-order valence-corrected chi connectivity index (χ2v) is 5.69. The van der Waals surface area contributed by atoms with E-state index < -0.39 is 0 Å². The van der Waals surface area contributed by atoms with Crippen LogP contribution in [0.1, 0.15) is 12.0 Å². The maximum absolute atomic E-state index is 12.0. The first-order valence-electron chi connectivity index (χ1n) is 8.15. The van der Waals surface area contributed by atoms with Crippen molar-refractivity contribution in [3.8, 4) is 5.75 Å². The van der Waals surface area contributed by atoms with Crippen LogP contribution >= 0.6 is 0 Å². The first-order valence-corrected chi connectivity index (χ1v) is 8.15. The van der Waals surface area contributed by atoms with Crippen molar-refractivity contribution in [3.05, 3.63) is 83.6 Å². The van der Waals surface area contributed by atoms with Crippen LogP contribution < -0.4 is 4.74 Å². The van der Waals surface area contributed by atoms with E-state index in [2.05, 4.69) is 0 Å². The van der Waals surface area contributed by atoms with Gasteiger partial charge in [0.1, 0.15) is 24.2 Å². The molecule has 128 valence electrons. The predicted molar refractivity (Wildman–Crippen MR) is 95.9 cm³/mol. The van der Waals surface area contributed by atoms with E-state index >= 15 is 0 Å². The van der Waals surface area contributed by atoms with Crippen LogP contribution in [0.5, 0.6) is 5.75 Å². The van der Waals surface area contributed by atoms with Gasteiger partial charge in [-0.3, -0.25) is 0 Å². The normalized spacial score (nSPS) is 18.2. The molecule has 0 spiro atoms. The Balaban J connectivity index is 1.76. The van der Waals surface area contributed by atoms with Crippen molar-refractivity contribution >= 4 is 12.0 Å². The second kappa shape index (κ2) is 8.20. The van der Waals surface area contributed by atoms with Crippen LogP contribution in [-0.4, -0.2) is 25.8 Å². The molecule has 4 heteroatoms. The number of para-hydroxylation sites is 1. The zero-order valence-electron chi connectivity index (χ0n) is 14.1. The summed E-state index contributed by atoms with van der Waals surface area (Å²) >= 11 is 0. The molecule has 1 atom stereocenters. The van der Waals surface area contributed by atoms with Gasteiger partial charge in [0, 0.05) is 12.0 Å². The van der Waals surface area contributed by atoms with E-state index in [1.165, 1.54) is 7.11 Å². The van der Waals surface area contributed by atoms with Gasteiger partial charge in [-0.2, -0.15) is 0 Å². The molecular formula is C21H20O4. The molecule has 1 unspecified atom stereocenters. The number of hydrogen-bond donors (Lipinski definition) is 0. The Morgan fingerprint density at radius 3 is 2.48 bits per heavy atom. The maximum atomic E-state index is 12.0. The molecule has 3 rings (SSSR count). The van der Waals surface area contributed by atoms with Gasteiger partial charge in [-0.1, -0.05) is 48.5 Å². The highest BCUT2D eigenvalue weighted by Gasteiger charge is 2.25. The van der Waals surface area contributed by atoms with Gasteiger partial charge < -0.3 is 14.2 Å². The van der Waals surface area contributed by atoms with Crippen molar-refractivity contribution in [2.24, 2.45) is 0 Å². The SMILES string of the molecule is COC(=O)C1=CC(=Cc2ccccc2)OC(COc2ccccc2)C1. The summed E-state index contributed by atoms with van der Waals surface area (Å²) in [5.41, 5.74) is 1.58. The van der Waals surface area contributed by atoms with Crippen LogP contribution in [0, 0.1) is 0 Å². The fourth-order valence-electron chi connectivity index (χ4n) is 2.61. The van der Waals surface area contributed by atoms with Gasteiger partial charge in [0.15, 0.2) is 0 Å². The number of benzene rings is 2. The molecule has 0 aliphatic carbocycles. The van der Waals surface area contributed by atoms with Crippen molar-refractivity contribution in [1.29, 1.82) is 0 Å². The van der Waals surface area contributed by atoms with Crippen LogP contribution in [0.15, 0.2) is 78.1 Å². The number of rotatable bonds is 5. The minimum Gasteiger partial charge on any atom is -0.490 e. The minimum absolute atomic E-state index is 0.255. The number of carbonyl (C=O) groups excluding carboxylic acids is 1. The Morgan fingerprint density at radius 1 is 1.12 bits per heavy atom. The largest absolute Gasteiger partial charge is 0.490 e. The average Bonchev–Trinajstić information content (AvgIpc) is 2.67. The summed E-state index contributed by atoms with van der Waals surface area (Å²) in [4.78, 5) is 12.0. The number of esters is 1. The highest BCUT2D eigenvalue weighted by molar-refractivity contribution is 5.89. The molecule has 0 fully saturated rings. The van der Waals surface area contributed by atoms with E-state index in [4.69, 9.17) is 14.2 Å². The summed E-state index contributed by atoms with van der Waals surface area (Å²) in [6, 6.07) is 19.4. The first kappa shape index (κ1) is 16.8. The monoisotopic (exact) mass is 336 g/mol. The Labute approximate surface area is 147 Å². The molecule has 2 aromatic carbocycles. The minimum atomic E-state index is -0.341. The zero-order chi connectivity index (χ0) is 17.5. The molecule has 0 amide bonds.